The molecule has 0 spiro atoms. The SMILES string of the molecule is Cc1nn(-c2ccccc2)c2sc(C(=O)NC(C)(C)C)cc12. The second kappa shape index (κ2) is 5.25. The van der Waals surface area contributed by atoms with Crippen LogP contribution in [0.2, 0.25) is 0 Å². The van der Waals surface area contributed by atoms with Crippen LogP contribution < -0.4 is 5.32 Å². The maximum atomic E-state index is 12.4. The first-order valence-electron chi connectivity index (χ1n) is 7.22. The lowest BCUT2D eigenvalue weighted by Crippen LogP contribution is -2.40. The summed E-state index contributed by atoms with van der Waals surface area (Å²) in [7, 11) is 0. The van der Waals surface area contributed by atoms with Crippen LogP contribution in [-0.2, 0) is 0 Å². The van der Waals surface area contributed by atoms with Crippen molar-refractivity contribution in [2.24, 2.45) is 0 Å². The second-order valence-corrected chi connectivity index (χ2v) is 7.40. The van der Waals surface area contributed by atoms with Gasteiger partial charge in [0.2, 0.25) is 0 Å². The van der Waals surface area contributed by atoms with Gasteiger partial charge in [0.05, 0.1) is 16.3 Å². The van der Waals surface area contributed by atoms with Crippen molar-refractivity contribution in [2.45, 2.75) is 33.2 Å². The van der Waals surface area contributed by atoms with Gasteiger partial charge in [-0.25, -0.2) is 4.68 Å². The van der Waals surface area contributed by atoms with Crippen LogP contribution in [0.3, 0.4) is 0 Å². The fourth-order valence-electron chi connectivity index (χ4n) is 2.31. The maximum absolute atomic E-state index is 12.4. The summed E-state index contributed by atoms with van der Waals surface area (Å²) in [5.41, 5.74) is 1.70. The molecule has 1 amide bonds. The first-order valence-corrected chi connectivity index (χ1v) is 8.04. The Balaban J connectivity index is 2.06. The van der Waals surface area contributed by atoms with E-state index in [1.165, 1.54) is 11.3 Å². The normalized spacial score (nSPS) is 11.8. The Labute approximate surface area is 133 Å². The molecule has 0 bridgehead atoms. The van der Waals surface area contributed by atoms with Crippen LogP contribution in [0.15, 0.2) is 36.4 Å². The zero-order valence-electron chi connectivity index (χ0n) is 13.2. The molecule has 1 aromatic carbocycles. The average Bonchev–Trinajstić information content (AvgIpc) is 2.99. The van der Waals surface area contributed by atoms with Gasteiger partial charge in [0.15, 0.2) is 0 Å². The highest BCUT2D eigenvalue weighted by atomic mass is 32.1. The van der Waals surface area contributed by atoms with Gasteiger partial charge in [0, 0.05) is 10.9 Å². The average molecular weight is 313 g/mol. The lowest BCUT2D eigenvalue weighted by molar-refractivity contribution is 0.0924. The van der Waals surface area contributed by atoms with Gasteiger partial charge < -0.3 is 5.32 Å². The number of hydrogen-bond donors (Lipinski definition) is 1. The van der Waals surface area contributed by atoms with Crippen LogP contribution in [0.5, 0.6) is 0 Å². The molecule has 0 radical (unpaired) electrons. The zero-order chi connectivity index (χ0) is 15.9. The molecule has 1 N–H and O–H groups in total. The Hall–Kier alpha value is -2.14. The largest absolute Gasteiger partial charge is 0.347 e. The maximum Gasteiger partial charge on any atom is 0.261 e. The van der Waals surface area contributed by atoms with Crippen molar-refractivity contribution in [3.63, 3.8) is 0 Å². The Morgan fingerprint density at radius 3 is 2.55 bits per heavy atom. The molecular weight excluding hydrogens is 294 g/mol. The van der Waals surface area contributed by atoms with E-state index in [9.17, 15) is 4.79 Å². The number of amides is 1. The number of thiophene rings is 1. The van der Waals surface area contributed by atoms with E-state index in [0.717, 1.165) is 26.5 Å². The van der Waals surface area contributed by atoms with Crippen LogP contribution in [0.4, 0.5) is 0 Å². The number of fused-ring (bicyclic) bond motifs is 1. The van der Waals surface area contributed by atoms with Gasteiger partial charge in [-0.3, -0.25) is 4.79 Å². The summed E-state index contributed by atoms with van der Waals surface area (Å²) in [5.74, 6) is -0.0345. The molecule has 114 valence electrons. The summed E-state index contributed by atoms with van der Waals surface area (Å²) < 4.78 is 1.91. The number of nitrogens with one attached hydrogen (secondary N) is 1. The Morgan fingerprint density at radius 2 is 1.91 bits per heavy atom. The van der Waals surface area contributed by atoms with E-state index < -0.39 is 0 Å². The van der Waals surface area contributed by atoms with Crippen molar-refractivity contribution in [1.29, 1.82) is 0 Å². The number of nitrogens with zero attached hydrogens (tertiary/aromatic N) is 2. The van der Waals surface area contributed by atoms with E-state index in [0.29, 0.717) is 0 Å². The minimum absolute atomic E-state index is 0.0345. The summed E-state index contributed by atoms with van der Waals surface area (Å²) >= 11 is 1.48. The summed E-state index contributed by atoms with van der Waals surface area (Å²) in [6.45, 7) is 7.92. The second-order valence-electron chi connectivity index (χ2n) is 6.37. The van der Waals surface area contributed by atoms with E-state index in [2.05, 4.69) is 10.4 Å². The van der Waals surface area contributed by atoms with Crippen LogP contribution in [0.25, 0.3) is 15.9 Å². The van der Waals surface area contributed by atoms with Crippen LogP contribution >= 0.6 is 11.3 Å². The molecular formula is C17H19N3OS. The van der Waals surface area contributed by atoms with Gasteiger partial charge in [0.25, 0.3) is 5.91 Å². The van der Waals surface area contributed by atoms with E-state index >= 15 is 0 Å². The Kier molecular flexibility index (Phi) is 3.53. The number of carbonyl (C=O) groups excluding carboxylic acids is 1. The molecule has 0 aliphatic carbocycles. The lowest BCUT2D eigenvalue weighted by Gasteiger charge is -2.19. The number of rotatable bonds is 2. The standard InChI is InChI=1S/C17H19N3OS/c1-11-13-10-14(15(21)18-17(2,3)4)22-16(13)20(19-11)12-8-6-5-7-9-12/h5-10H,1-4H3,(H,18,21). The molecule has 0 fully saturated rings. The molecule has 0 unspecified atom stereocenters. The Morgan fingerprint density at radius 1 is 1.23 bits per heavy atom. The minimum Gasteiger partial charge on any atom is -0.347 e. The van der Waals surface area contributed by atoms with E-state index in [4.69, 9.17) is 0 Å². The fourth-order valence-corrected chi connectivity index (χ4v) is 3.38. The van der Waals surface area contributed by atoms with Gasteiger partial charge >= 0.3 is 0 Å². The third-order valence-electron chi connectivity index (χ3n) is 3.26. The molecule has 0 saturated heterocycles. The molecule has 2 heterocycles. The molecule has 3 aromatic rings. The highest BCUT2D eigenvalue weighted by Gasteiger charge is 2.20. The summed E-state index contributed by atoms with van der Waals surface area (Å²) in [5, 5.41) is 8.63. The number of hydrogen-bond acceptors (Lipinski definition) is 3. The predicted molar refractivity (Wildman–Crippen MR) is 90.9 cm³/mol. The molecule has 3 rings (SSSR count). The first kappa shape index (κ1) is 14.8. The molecule has 5 heteroatoms. The topological polar surface area (TPSA) is 46.9 Å². The van der Waals surface area contributed by atoms with E-state index in [1.807, 2.05) is 68.8 Å². The molecule has 22 heavy (non-hydrogen) atoms. The quantitative estimate of drug-likeness (QED) is 0.779. The van der Waals surface area contributed by atoms with Crippen molar-refractivity contribution in [2.75, 3.05) is 0 Å². The lowest BCUT2D eigenvalue weighted by atomic mass is 10.1. The first-order chi connectivity index (χ1) is 10.3. The highest BCUT2D eigenvalue weighted by Crippen LogP contribution is 2.30. The minimum atomic E-state index is -0.242. The number of benzene rings is 1. The van der Waals surface area contributed by atoms with E-state index in [1.54, 1.807) is 0 Å². The summed E-state index contributed by atoms with van der Waals surface area (Å²) in [4.78, 5) is 14.1. The summed E-state index contributed by atoms with van der Waals surface area (Å²) in [6, 6.07) is 11.9. The van der Waals surface area contributed by atoms with Crippen molar-refractivity contribution in [1.82, 2.24) is 15.1 Å². The molecule has 0 aliphatic rings. The van der Waals surface area contributed by atoms with Crippen molar-refractivity contribution < 1.29 is 4.79 Å². The summed E-state index contributed by atoms with van der Waals surface area (Å²) in [6.07, 6.45) is 0. The van der Waals surface area contributed by atoms with Gasteiger partial charge in [-0.2, -0.15) is 5.10 Å². The van der Waals surface area contributed by atoms with Gasteiger partial charge in [0.1, 0.15) is 4.83 Å². The number of carbonyl (C=O) groups is 1. The number of para-hydroxylation sites is 1. The van der Waals surface area contributed by atoms with Gasteiger partial charge in [-0.05, 0) is 45.9 Å². The van der Waals surface area contributed by atoms with Gasteiger partial charge in [-0.1, -0.05) is 18.2 Å². The van der Waals surface area contributed by atoms with Crippen molar-refractivity contribution >= 4 is 27.5 Å². The van der Waals surface area contributed by atoms with Crippen molar-refractivity contribution in [3.05, 3.63) is 47.0 Å². The molecule has 0 saturated carbocycles. The molecule has 4 nitrogen and oxygen atoms in total. The monoisotopic (exact) mass is 313 g/mol. The molecule has 0 aliphatic heterocycles. The smallest absolute Gasteiger partial charge is 0.261 e. The highest BCUT2D eigenvalue weighted by molar-refractivity contribution is 7.20. The number of aromatic nitrogens is 2. The molecule has 0 atom stereocenters. The van der Waals surface area contributed by atoms with Crippen molar-refractivity contribution in [3.8, 4) is 5.69 Å². The third-order valence-corrected chi connectivity index (χ3v) is 4.37. The molecule has 2 aromatic heterocycles. The van der Waals surface area contributed by atoms with Crippen LogP contribution in [0, 0.1) is 6.92 Å². The van der Waals surface area contributed by atoms with Gasteiger partial charge in [-0.15, -0.1) is 11.3 Å². The zero-order valence-corrected chi connectivity index (χ0v) is 14.0. The predicted octanol–water partition coefficient (Wildman–Crippen LogP) is 3.92. The van der Waals surface area contributed by atoms with Crippen LogP contribution in [-0.4, -0.2) is 21.2 Å². The Bertz CT molecular complexity index is 825. The van der Waals surface area contributed by atoms with Crippen LogP contribution in [0.1, 0.15) is 36.1 Å². The fraction of sp³-hybridized carbons (Fsp3) is 0.294. The number of aryl methyl sites for hydroxylation is 1. The third kappa shape index (κ3) is 2.76. The van der Waals surface area contributed by atoms with E-state index in [-0.39, 0.29) is 11.4 Å².